The number of nitrogens with zero attached hydrogens (tertiary/aromatic N) is 3. The first-order chi connectivity index (χ1) is 9.00. The van der Waals surface area contributed by atoms with Crippen molar-refractivity contribution in [3.63, 3.8) is 0 Å². The third-order valence-electron chi connectivity index (χ3n) is 3.69. The normalized spacial score (nSPS) is 14.2. The van der Waals surface area contributed by atoms with Crippen LogP contribution in [0.15, 0.2) is 12.4 Å². The van der Waals surface area contributed by atoms with Crippen LogP contribution < -0.4 is 10.2 Å². The van der Waals surface area contributed by atoms with Crippen LogP contribution in [0.1, 0.15) is 54.2 Å². The third kappa shape index (κ3) is 5.08. The smallest absolute Gasteiger partial charge is 0.147 e. The molecule has 0 radical (unpaired) electrons. The molecule has 20 heavy (non-hydrogen) atoms. The van der Waals surface area contributed by atoms with Crippen molar-refractivity contribution < 1.29 is 0 Å². The van der Waals surface area contributed by atoms with E-state index in [4.69, 9.17) is 0 Å². The largest absolute Gasteiger partial charge is 0.355 e. The number of hydrogen-bond donors (Lipinski definition) is 1. The van der Waals surface area contributed by atoms with Crippen LogP contribution in [0.2, 0.25) is 0 Å². The molecule has 0 saturated heterocycles. The lowest BCUT2D eigenvalue weighted by molar-refractivity contribution is 0.328. The molecule has 0 amide bonds. The number of nitrogens with one attached hydrogen (secondary N) is 1. The van der Waals surface area contributed by atoms with E-state index in [0.29, 0.717) is 6.04 Å². The van der Waals surface area contributed by atoms with E-state index in [0.717, 1.165) is 18.1 Å². The summed E-state index contributed by atoms with van der Waals surface area (Å²) in [5, 5.41) is 3.42. The van der Waals surface area contributed by atoms with E-state index in [-0.39, 0.29) is 11.0 Å². The molecule has 0 spiro atoms. The molecule has 0 aliphatic rings. The lowest BCUT2D eigenvalue weighted by Gasteiger charge is -2.35. The second-order valence-corrected chi connectivity index (χ2v) is 7.62. The first-order valence-electron chi connectivity index (χ1n) is 7.29. The summed E-state index contributed by atoms with van der Waals surface area (Å²) in [6.07, 6.45) is 3.72. The maximum Gasteiger partial charge on any atom is 0.147 e. The molecule has 4 heteroatoms. The molecule has 114 valence electrons. The van der Waals surface area contributed by atoms with Crippen molar-refractivity contribution >= 4 is 5.82 Å². The summed E-state index contributed by atoms with van der Waals surface area (Å²) in [6, 6.07) is 0.398. The van der Waals surface area contributed by atoms with Gasteiger partial charge in [-0.1, -0.05) is 20.8 Å². The van der Waals surface area contributed by atoms with Gasteiger partial charge in [0.05, 0.1) is 18.1 Å². The second-order valence-electron chi connectivity index (χ2n) is 7.62. The van der Waals surface area contributed by atoms with Gasteiger partial charge in [0.1, 0.15) is 5.82 Å². The number of hydrogen-bond acceptors (Lipinski definition) is 4. The summed E-state index contributed by atoms with van der Waals surface area (Å²) < 4.78 is 0. The van der Waals surface area contributed by atoms with Gasteiger partial charge in [-0.2, -0.15) is 0 Å². The second kappa shape index (κ2) is 6.08. The molecule has 0 saturated carbocycles. The summed E-state index contributed by atoms with van der Waals surface area (Å²) in [5.41, 5.74) is 1.28. The summed E-state index contributed by atoms with van der Waals surface area (Å²) in [5.74, 6) is 0.923. The molecule has 1 atom stereocenters. The molecule has 0 fully saturated rings. The van der Waals surface area contributed by atoms with E-state index >= 15 is 0 Å². The van der Waals surface area contributed by atoms with Gasteiger partial charge in [0, 0.05) is 25.2 Å². The molecule has 1 heterocycles. The van der Waals surface area contributed by atoms with Gasteiger partial charge >= 0.3 is 0 Å². The standard InChI is InChI=1S/C16H30N4/c1-12(15(2,3)4)20(8)14-11-17-13(9-18-14)10-19-16(5,6)7/h9,11-12,19H,10H2,1-8H3. The van der Waals surface area contributed by atoms with Crippen LogP contribution in [-0.4, -0.2) is 28.6 Å². The van der Waals surface area contributed by atoms with E-state index in [9.17, 15) is 0 Å². The topological polar surface area (TPSA) is 41.1 Å². The average Bonchev–Trinajstić information content (AvgIpc) is 2.33. The van der Waals surface area contributed by atoms with Crippen molar-refractivity contribution in [1.82, 2.24) is 15.3 Å². The predicted octanol–water partition coefficient (Wildman–Crippen LogP) is 3.24. The minimum absolute atomic E-state index is 0.0951. The van der Waals surface area contributed by atoms with Gasteiger partial charge in [-0.05, 0) is 33.1 Å². The first kappa shape index (κ1) is 16.9. The van der Waals surface area contributed by atoms with Crippen LogP contribution in [0.4, 0.5) is 5.82 Å². The third-order valence-corrected chi connectivity index (χ3v) is 3.69. The molecule has 1 aromatic heterocycles. The molecule has 0 bridgehead atoms. The Hall–Kier alpha value is -1.16. The molecule has 0 aromatic carbocycles. The Morgan fingerprint density at radius 3 is 2.10 bits per heavy atom. The fourth-order valence-electron chi connectivity index (χ4n) is 1.76. The highest BCUT2D eigenvalue weighted by Crippen LogP contribution is 2.25. The molecule has 1 aromatic rings. The van der Waals surface area contributed by atoms with E-state index in [2.05, 4.69) is 75.7 Å². The zero-order valence-electron chi connectivity index (χ0n) is 14.3. The Kier molecular flexibility index (Phi) is 5.14. The van der Waals surface area contributed by atoms with E-state index in [1.165, 1.54) is 0 Å². The fourth-order valence-corrected chi connectivity index (χ4v) is 1.76. The highest BCUT2D eigenvalue weighted by Gasteiger charge is 2.24. The molecule has 1 N–H and O–H groups in total. The molecular formula is C16H30N4. The molecule has 1 unspecified atom stereocenters. The summed E-state index contributed by atoms with van der Waals surface area (Å²) in [6.45, 7) is 16.1. The average molecular weight is 278 g/mol. The highest BCUT2D eigenvalue weighted by atomic mass is 15.2. The molecular weight excluding hydrogens is 248 g/mol. The maximum absolute atomic E-state index is 4.54. The summed E-state index contributed by atoms with van der Waals surface area (Å²) >= 11 is 0. The van der Waals surface area contributed by atoms with E-state index in [1.807, 2.05) is 12.4 Å². The van der Waals surface area contributed by atoms with Gasteiger partial charge in [-0.3, -0.25) is 4.98 Å². The lowest BCUT2D eigenvalue weighted by atomic mass is 9.87. The van der Waals surface area contributed by atoms with E-state index < -0.39 is 0 Å². The van der Waals surface area contributed by atoms with Crippen molar-refractivity contribution in [3.05, 3.63) is 18.1 Å². The van der Waals surface area contributed by atoms with Crippen molar-refractivity contribution in [2.45, 2.75) is 66.6 Å². The zero-order valence-corrected chi connectivity index (χ0v) is 14.3. The minimum atomic E-state index is 0.0951. The van der Waals surface area contributed by atoms with Gasteiger partial charge in [0.25, 0.3) is 0 Å². The van der Waals surface area contributed by atoms with Crippen LogP contribution in [0.25, 0.3) is 0 Å². The summed E-state index contributed by atoms with van der Waals surface area (Å²) in [7, 11) is 2.08. The Morgan fingerprint density at radius 2 is 1.70 bits per heavy atom. The van der Waals surface area contributed by atoms with Gasteiger partial charge in [0.15, 0.2) is 0 Å². The van der Waals surface area contributed by atoms with Crippen LogP contribution in [0.5, 0.6) is 0 Å². The van der Waals surface area contributed by atoms with Gasteiger partial charge in [-0.15, -0.1) is 0 Å². The highest BCUT2D eigenvalue weighted by molar-refractivity contribution is 5.36. The van der Waals surface area contributed by atoms with Gasteiger partial charge < -0.3 is 10.2 Å². The quantitative estimate of drug-likeness (QED) is 0.918. The Labute approximate surface area is 124 Å². The molecule has 1 rings (SSSR count). The van der Waals surface area contributed by atoms with Gasteiger partial charge in [-0.25, -0.2) is 4.98 Å². The van der Waals surface area contributed by atoms with Crippen molar-refractivity contribution in [1.29, 1.82) is 0 Å². The Bertz CT molecular complexity index is 412. The first-order valence-corrected chi connectivity index (χ1v) is 7.29. The number of rotatable bonds is 4. The van der Waals surface area contributed by atoms with Crippen molar-refractivity contribution in [3.8, 4) is 0 Å². The van der Waals surface area contributed by atoms with Gasteiger partial charge in [0.2, 0.25) is 0 Å². The molecule has 4 nitrogen and oxygen atoms in total. The predicted molar refractivity (Wildman–Crippen MR) is 85.9 cm³/mol. The monoisotopic (exact) mass is 278 g/mol. The number of aromatic nitrogens is 2. The van der Waals surface area contributed by atoms with Crippen LogP contribution in [0, 0.1) is 5.41 Å². The number of anilines is 1. The van der Waals surface area contributed by atoms with Crippen LogP contribution in [-0.2, 0) is 6.54 Å². The lowest BCUT2D eigenvalue weighted by Crippen LogP contribution is -2.40. The zero-order chi connectivity index (χ0) is 15.6. The fraction of sp³-hybridized carbons (Fsp3) is 0.750. The Balaban J connectivity index is 2.71. The van der Waals surface area contributed by atoms with E-state index in [1.54, 1.807) is 0 Å². The SMILES string of the molecule is CC(N(C)c1cnc(CNC(C)(C)C)cn1)C(C)(C)C. The molecule has 0 aliphatic carbocycles. The van der Waals surface area contributed by atoms with Crippen LogP contribution in [0.3, 0.4) is 0 Å². The maximum atomic E-state index is 4.54. The van der Waals surface area contributed by atoms with Crippen molar-refractivity contribution in [2.75, 3.05) is 11.9 Å². The minimum Gasteiger partial charge on any atom is -0.355 e. The Morgan fingerprint density at radius 1 is 1.10 bits per heavy atom. The van der Waals surface area contributed by atoms with Crippen LogP contribution >= 0.6 is 0 Å². The summed E-state index contributed by atoms with van der Waals surface area (Å²) in [4.78, 5) is 11.2. The molecule has 0 aliphatic heterocycles. The van der Waals surface area contributed by atoms with Crippen molar-refractivity contribution in [2.24, 2.45) is 5.41 Å².